The molecule has 0 heterocycles. The molecular formula is C16H18ClNO3S. The molecule has 0 aliphatic carbocycles. The second kappa shape index (κ2) is 7.13. The lowest BCUT2D eigenvalue weighted by molar-refractivity contribution is 0.320. The molecule has 0 radical (unpaired) electrons. The van der Waals surface area contributed by atoms with Gasteiger partial charge in [0.15, 0.2) is 0 Å². The summed E-state index contributed by atoms with van der Waals surface area (Å²) in [5.74, 6) is 0.693. The van der Waals surface area contributed by atoms with Crippen molar-refractivity contribution in [2.24, 2.45) is 0 Å². The molecule has 2 rings (SSSR count). The Morgan fingerprint density at radius 3 is 2.41 bits per heavy atom. The lowest BCUT2D eigenvalue weighted by atomic mass is 10.2. The molecule has 0 spiro atoms. The van der Waals surface area contributed by atoms with Gasteiger partial charge in [0.1, 0.15) is 12.4 Å². The van der Waals surface area contributed by atoms with Crippen molar-refractivity contribution in [3.8, 4) is 5.75 Å². The van der Waals surface area contributed by atoms with Crippen LogP contribution in [-0.4, -0.2) is 21.6 Å². The van der Waals surface area contributed by atoms with Crippen LogP contribution < -0.4 is 9.46 Å². The Balaban J connectivity index is 1.89. The Labute approximate surface area is 136 Å². The van der Waals surface area contributed by atoms with Crippen molar-refractivity contribution in [1.29, 1.82) is 0 Å². The molecule has 2 aromatic carbocycles. The smallest absolute Gasteiger partial charge is 0.240 e. The molecule has 0 unspecified atom stereocenters. The number of hydrogen-bond donors (Lipinski definition) is 1. The number of rotatable bonds is 6. The molecule has 1 N–H and O–H groups in total. The van der Waals surface area contributed by atoms with Gasteiger partial charge < -0.3 is 4.74 Å². The van der Waals surface area contributed by atoms with Crippen LogP contribution in [0.1, 0.15) is 11.1 Å². The van der Waals surface area contributed by atoms with Crippen molar-refractivity contribution in [3.63, 3.8) is 0 Å². The van der Waals surface area contributed by atoms with Crippen LogP contribution >= 0.6 is 11.6 Å². The van der Waals surface area contributed by atoms with Gasteiger partial charge in [-0.3, -0.25) is 0 Å². The predicted molar refractivity (Wildman–Crippen MR) is 88.1 cm³/mol. The van der Waals surface area contributed by atoms with Gasteiger partial charge in [0.05, 0.1) is 4.90 Å². The summed E-state index contributed by atoms with van der Waals surface area (Å²) < 4.78 is 32.2. The van der Waals surface area contributed by atoms with Crippen LogP contribution in [-0.2, 0) is 10.0 Å². The average molecular weight is 340 g/mol. The molecule has 4 nitrogen and oxygen atoms in total. The molecule has 118 valence electrons. The summed E-state index contributed by atoms with van der Waals surface area (Å²) in [7, 11) is -3.50. The second-order valence-corrected chi connectivity index (χ2v) is 7.17. The van der Waals surface area contributed by atoms with Crippen molar-refractivity contribution in [2.75, 3.05) is 13.2 Å². The van der Waals surface area contributed by atoms with Gasteiger partial charge in [0, 0.05) is 11.6 Å². The molecule has 0 saturated carbocycles. The maximum Gasteiger partial charge on any atom is 0.240 e. The fourth-order valence-corrected chi connectivity index (χ4v) is 3.15. The van der Waals surface area contributed by atoms with E-state index in [0.29, 0.717) is 10.8 Å². The number of sulfonamides is 1. The van der Waals surface area contributed by atoms with E-state index in [2.05, 4.69) is 4.72 Å². The van der Waals surface area contributed by atoms with Crippen LogP contribution in [0.4, 0.5) is 0 Å². The standard InChI is InChI=1S/C16H18ClNO3S/c1-12-3-6-15(7-4-12)22(19,20)18-9-10-21-16-8-5-14(17)11-13(16)2/h3-8,11,18H,9-10H2,1-2H3. The Hall–Kier alpha value is -1.56. The normalized spacial score (nSPS) is 11.4. The molecule has 22 heavy (non-hydrogen) atoms. The topological polar surface area (TPSA) is 55.4 Å². The monoisotopic (exact) mass is 339 g/mol. The fraction of sp³-hybridized carbons (Fsp3) is 0.250. The van der Waals surface area contributed by atoms with Crippen LogP contribution in [0.5, 0.6) is 5.75 Å². The van der Waals surface area contributed by atoms with Gasteiger partial charge in [0.2, 0.25) is 10.0 Å². The van der Waals surface area contributed by atoms with Crippen molar-refractivity contribution >= 4 is 21.6 Å². The Morgan fingerprint density at radius 1 is 1.09 bits per heavy atom. The third-order valence-corrected chi connectivity index (χ3v) is 4.83. The first-order valence-electron chi connectivity index (χ1n) is 6.84. The molecule has 0 amide bonds. The Kier molecular flexibility index (Phi) is 5.45. The van der Waals surface area contributed by atoms with Crippen LogP contribution in [0.2, 0.25) is 5.02 Å². The first-order valence-corrected chi connectivity index (χ1v) is 8.70. The van der Waals surface area contributed by atoms with E-state index in [-0.39, 0.29) is 18.0 Å². The molecule has 2 aromatic rings. The third-order valence-electron chi connectivity index (χ3n) is 3.12. The quantitative estimate of drug-likeness (QED) is 0.821. The van der Waals surface area contributed by atoms with Gasteiger partial charge in [-0.15, -0.1) is 0 Å². The van der Waals surface area contributed by atoms with Gasteiger partial charge in [-0.25, -0.2) is 13.1 Å². The largest absolute Gasteiger partial charge is 0.492 e. The summed E-state index contributed by atoms with van der Waals surface area (Å²) in [6.07, 6.45) is 0. The lowest BCUT2D eigenvalue weighted by Crippen LogP contribution is -2.28. The van der Waals surface area contributed by atoms with Crippen molar-refractivity contribution < 1.29 is 13.2 Å². The molecule has 0 aliphatic rings. The Bertz CT molecular complexity index is 742. The lowest BCUT2D eigenvalue weighted by Gasteiger charge is -2.10. The zero-order valence-electron chi connectivity index (χ0n) is 12.5. The van der Waals surface area contributed by atoms with Crippen molar-refractivity contribution in [3.05, 3.63) is 58.6 Å². The molecule has 0 saturated heterocycles. The predicted octanol–water partition coefficient (Wildman–Crippen LogP) is 3.31. The maximum atomic E-state index is 12.1. The number of halogens is 1. The number of aryl methyl sites for hydroxylation is 2. The molecule has 6 heteroatoms. The molecule has 0 aliphatic heterocycles. The van der Waals surface area contributed by atoms with E-state index < -0.39 is 10.0 Å². The maximum absolute atomic E-state index is 12.1. The molecule has 0 bridgehead atoms. The van der Waals surface area contributed by atoms with Crippen LogP contribution in [0, 0.1) is 13.8 Å². The van der Waals surface area contributed by atoms with Crippen LogP contribution in [0.25, 0.3) is 0 Å². The summed E-state index contributed by atoms with van der Waals surface area (Å²) in [4.78, 5) is 0.251. The van der Waals surface area contributed by atoms with E-state index in [4.69, 9.17) is 16.3 Å². The van der Waals surface area contributed by atoms with Crippen molar-refractivity contribution in [1.82, 2.24) is 4.72 Å². The van der Waals surface area contributed by atoms with E-state index in [1.807, 2.05) is 13.8 Å². The van der Waals surface area contributed by atoms with E-state index in [9.17, 15) is 8.42 Å². The summed E-state index contributed by atoms with van der Waals surface area (Å²) in [5, 5.41) is 0.643. The van der Waals surface area contributed by atoms with E-state index in [1.54, 1.807) is 42.5 Å². The minimum atomic E-state index is -3.50. The van der Waals surface area contributed by atoms with Crippen LogP contribution in [0.15, 0.2) is 47.4 Å². The van der Waals surface area contributed by atoms with Gasteiger partial charge in [-0.05, 0) is 49.7 Å². The summed E-state index contributed by atoms with van der Waals surface area (Å²) >= 11 is 5.87. The van der Waals surface area contributed by atoms with Gasteiger partial charge in [-0.1, -0.05) is 29.3 Å². The number of benzene rings is 2. The first-order chi connectivity index (χ1) is 10.4. The highest BCUT2D eigenvalue weighted by molar-refractivity contribution is 7.89. The van der Waals surface area contributed by atoms with Crippen molar-refractivity contribution in [2.45, 2.75) is 18.7 Å². The zero-order valence-corrected chi connectivity index (χ0v) is 14.0. The molecule has 0 atom stereocenters. The summed E-state index contributed by atoms with van der Waals surface area (Å²) in [5.41, 5.74) is 1.93. The minimum absolute atomic E-state index is 0.193. The van der Waals surface area contributed by atoms with Crippen LogP contribution in [0.3, 0.4) is 0 Å². The summed E-state index contributed by atoms with van der Waals surface area (Å²) in [6.45, 7) is 4.23. The number of hydrogen-bond acceptors (Lipinski definition) is 3. The second-order valence-electron chi connectivity index (χ2n) is 4.97. The molecule has 0 fully saturated rings. The highest BCUT2D eigenvalue weighted by Gasteiger charge is 2.12. The summed E-state index contributed by atoms with van der Waals surface area (Å²) in [6, 6.07) is 12.0. The zero-order chi connectivity index (χ0) is 16.2. The van der Waals surface area contributed by atoms with Gasteiger partial charge >= 0.3 is 0 Å². The highest BCUT2D eigenvalue weighted by Crippen LogP contribution is 2.21. The van der Waals surface area contributed by atoms with E-state index in [1.165, 1.54) is 0 Å². The third kappa shape index (κ3) is 4.47. The first kappa shape index (κ1) is 16.8. The average Bonchev–Trinajstić information content (AvgIpc) is 2.46. The van der Waals surface area contributed by atoms with E-state index >= 15 is 0 Å². The molecule has 0 aromatic heterocycles. The number of ether oxygens (including phenoxy) is 1. The number of nitrogens with one attached hydrogen (secondary N) is 1. The fourth-order valence-electron chi connectivity index (χ4n) is 1.91. The highest BCUT2D eigenvalue weighted by atomic mass is 35.5. The van der Waals surface area contributed by atoms with E-state index in [0.717, 1.165) is 11.1 Å². The van der Waals surface area contributed by atoms with Gasteiger partial charge in [-0.2, -0.15) is 0 Å². The minimum Gasteiger partial charge on any atom is -0.492 e. The Morgan fingerprint density at radius 2 is 1.77 bits per heavy atom. The molecular weight excluding hydrogens is 322 g/mol. The SMILES string of the molecule is Cc1ccc(S(=O)(=O)NCCOc2ccc(Cl)cc2C)cc1. The van der Waals surface area contributed by atoms with Gasteiger partial charge in [0.25, 0.3) is 0 Å².